The molecule has 1 heterocycles. The second-order valence-electron chi connectivity index (χ2n) is 5.67. The van der Waals surface area contributed by atoms with E-state index in [0.717, 1.165) is 12.5 Å². The third-order valence-corrected chi connectivity index (χ3v) is 4.17. The van der Waals surface area contributed by atoms with Gasteiger partial charge in [-0.3, -0.25) is 4.90 Å². The van der Waals surface area contributed by atoms with Crippen LogP contribution in [0, 0.1) is 0 Å². The minimum atomic E-state index is 0.607. The van der Waals surface area contributed by atoms with E-state index in [9.17, 15) is 0 Å². The molecule has 98 valence electrons. The van der Waals surface area contributed by atoms with Gasteiger partial charge in [0.05, 0.1) is 0 Å². The van der Waals surface area contributed by atoms with Gasteiger partial charge in [-0.1, -0.05) is 35.9 Å². The molecule has 0 spiro atoms. The Hall–Kier alpha value is -1.08. The average molecular weight is 243 g/mol. The van der Waals surface area contributed by atoms with Crippen LogP contribution in [0.3, 0.4) is 0 Å². The number of piperidine rings is 1. The van der Waals surface area contributed by atoms with E-state index in [1.807, 2.05) is 0 Å². The first-order chi connectivity index (χ1) is 8.68. The van der Waals surface area contributed by atoms with Crippen molar-refractivity contribution >= 4 is 0 Å². The minimum Gasteiger partial charge on any atom is -0.296 e. The molecule has 0 aliphatic carbocycles. The molecule has 0 radical (unpaired) electrons. The van der Waals surface area contributed by atoms with Crippen LogP contribution in [0.4, 0.5) is 0 Å². The molecule has 1 aromatic rings. The Morgan fingerprint density at radius 2 is 2.00 bits per heavy atom. The van der Waals surface area contributed by atoms with Crippen molar-refractivity contribution in [3.8, 4) is 0 Å². The van der Waals surface area contributed by atoms with E-state index in [0.29, 0.717) is 6.04 Å². The van der Waals surface area contributed by atoms with Crippen LogP contribution in [0.15, 0.2) is 42.5 Å². The van der Waals surface area contributed by atoms with Gasteiger partial charge in [-0.25, -0.2) is 0 Å². The fraction of sp³-hybridized carbons (Fsp3) is 0.529. The van der Waals surface area contributed by atoms with Gasteiger partial charge in [0.25, 0.3) is 0 Å². The lowest BCUT2D eigenvalue weighted by atomic mass is 9.89. The van der Waals surface area contributed by atoms with E-state index >= 15 is 0 Å². The zero-order valence-corrected chi connectivity index (χ0v) is 11.7. The molecular weight excluding hydrogens is 218 g/mol. The largest absolute Gasteiger partial charge is 0.296 e. The first-order valence-corrected chi connectivity index (χ1v) is 7.09. The monoisotopic (exact) mass is 243 g/mol. The van der Waals surface area contributed by atoms with Crippen molar-refractivity contribution in [3.05, 3.63) is 48.0 Å². The van der Waals surface area contributed by atoms with Crippen molar-refractivity contribution < 1.29 is 0 Å². The Labute approximate surface area is 112 Å². The zero-order chi connectivity index (χ0) is 13.0. The van der Waals surface area contributed by atoms with Crippen molar-refractivity contribution in [3.63, 3.8) is 0 Å². The number of allylic oxidation sites excluding steroid dienone is 1. The molecule has 0 bridgehead atoms. The molecule has 1 saturated heterocycles. The molecule has 0 unspecified atom stereocenters. The van der Waals surface area contributed by atoms with Crippen LogP contribution in [0.2, 0.25) is 0 Å². The molecule has 1 aliphatic heterocycles. The summed E-state index contributed by atoms with van der Waals surface area (Å²) >= 11 is 0. The summed E-state index contributed by atoms with van der Waals surface area (Å²) in [5.41, 5.74) is 2.78. The molecule has 1 fully saturated rings. The lowest BCUT2D eigenvalue weighted by Crippen LogP contribution is -2.38. The van der Waals surface area contributed by atoms with E-state index in [1.54, 1.807) is 0 Å². The van der Waals surface area contributed by atoms with Crippen molar-refractivity contribution in [1.82, 2.24) is 4.90 Å². The lowest BCUT2D eigenvalue weighted by molar-refractivity contribution is 0.108. The third-order valence-electron chi connectivity index (χ3n) is 4.17. The molecular formula is C17H25N. The van der Waals surface area contributed by atoms with Crippen LogP contribution in [-0.2, 0) is 0 Å². The molecule has 0 saturated carbocycles. The summed E-state index contributed by atoms with van der Waals surface area (Å²) in [6.45, 7) is 6.16. The predicted octanol–water partition coefficient (Wildman–Crippen LogP) is 4.57. The number of hydrogen-bond acceptors (Lipinski definition) is 1. The molecule has 0 aromatic heterocycles. The summed E-state index contributed by atoms with van der Waals surface area (Å²) in [5, 5.41) is 0. The summed E-state index contributed by atoms with van der Waals surface area (Å²) in [5.74, 6) is 0. The topological polar surface area (TPSA) is 3.24 Å². The standard InChI is InChI=1S/C17H25N/c1-14(2)12-13-16-10-7-11-17(18(16)3)15-8-5-4-6-9-15/h4-6,8-9,16-17H,1,7,10-13H2,2-3H3/t16-,17+/m1/s1. The molecule has 1 nitrogen and oxygen atoms in total. The number of nitrogens with zero attached hydrogens (tertiary/aromatic N) is 1. The summed E-state index contributed by atoms with van der Waals surface area (Å²) in [7, 11) is 2.29. The Morgan fingerprint density at radius 1 is 1.28 bits per heavy atom. The highest BCUT2D eigenvalue weighted by atomic mass is 15.2. The maximum atomic E-state index is 4.02. The average Bonchev–Trinajstić information content (AvgIpc) is 2.38. The van der Waals surface area contributed by atoms with Gasteiger partial charge in [0, 0.05) is 12.1 Å². The summed E-state index contributed by atoms with van der Waals surface area (Å²) < 4.78 is 0. The third kappa shape index (κ3) is 3.23. The molecule has 0 amide bonds. The highest BCUT2D eigenvalue weighted by molar-refractivity contribution is 5.19. The Kier molecular flexibility index (Phi) is 4.60. The Balaban J connectivity index is 2.02. The first kappa shape index (κ1) is 13.4. The molecule has 1 aromatic carbocycles. The van der Waals surface area contributed by atoms with E-state index in [4.69, 9.17) is 0 Å². The first-order valence-electron chi connectivity index (χ1n) is 7.09. The van der Waals surface area contributed by atoms with Gasteiger partial charge in [0.15, 0.2) is 0 Å². The molecule has 1 aliphatic rings. The highest BCUT2D eigenvalue weighted by Crippen LogP contribution is 2.34. The van der Waals surface area contributed by atoms with Crippen molar-refractivity contribution in [2.45, 2.75) is 51.1 Å². The second kappa shape index (κ2) is 6.19. The number of rotatable bonds is 4. The van der Waals surface area contributed by atoms with Crippen molar-refractivity contribution in [1.29, 1.82) is 0 Å². The Bertz CT molecular complexity index is 382. The van der Waals surface area contributed by atoms with Gasteiger partial charge >= 0.3 is 0 Å². The number of hydrogen-bond donors (Lipinski definition) is 0. The van der Waals surface area contributed by atoms with Gasteiger partial charge in [-0.2, -0.15) is 0 Å². The van der Waals surface area contributed by atoms with Crippen LogP contribution >= 0.6 is 0 Å². The van der Waals surface area contributed by atoms with Crippen LogP contribution < -0.4 is 0 Å². The van der Waals surface area contributed by atoms with Gasteiger partial charge in [-0.15, -0.1) is 6.58 Å². The maximum absolute atomic E-state index is 4.02. The molecule has 1 heteroatoms. The van der Waals surface area contributed by atoms with Crippen LogP contribution in [0.25, 0.3) is 0 Å². The summed E-state index contributed by atoms with van der Waals surface area (Å²) in [6, 6.07) is 12.3. The van der Waals surface area contributed by atoms with Crippen molar-refractivity contribution in [2.24, 2.45) is 0 Å². The Morgan fingerprint density at radius 3 is 2.67 bits per heavy atom. The summed E-state index contributed by atoms with van der Waals surface area (Å²) in [6.07, 6.45) is 6.41. The lowest BCUT2D eigenvalue weighted by Gasteiger charge is -2.40. The van der Waals surface area contributed by atoms with Gasteiger partial charge in [0.1, 0.15) is 0 Å². The molecule has 2 rings (SSSR count). The van der Waals surface area contributed by atoms with Crippen LogP contribution in [0.1, 0.15) is 50.6 Å². The van der Waals surface area contributed by atoms with Gasteiger partial charge in [-0.05, 0) is 51.6 Å². The quantitative estimate of drug-likeness (QED) is 0.700. The highest BCUT2D eigenvalue weighted by Gasteiger charge is 2.27. The van der Waals surface area contributed by atoms with Gasteiger partial charge < -0.3 is 0 Å². The fourth-order valence-electron chi connectivity index (χ4n) is 3.05. The normalized spacial score (nSPS) is 25.0. The molecule has 0 N–H and O–H groups in total. The van der Waals surface area contributed by atoms with Crippen molar-refractivity contribution in [2.75, 3.05) is 7.05 Å². The van der Waals surface area contributed by atoms with Gasteiger partial charge in [0.2, 0.25) is 0 Å². The molecule has 2 atom stereocenters. The smallest absolute Gasteiger partial charge is 0.0348 e. The van der Waals surface area contributed by atoms with E-state index < -0.39 is 0 Å². The van der Waals surface area contributed by atoms with E-state index in [-0.39, 0.29) is 0 Å². The van der Waals surface area contributed by atoms with Crippen LogP contribution in [-0.4, -0.2) is 18.0 Å². The number of likely N-dealkylation sites (tertiary alicyclic amines) is 1. The molecule has 18 heavy (non-hydrogen) atoms. The van der Waals surface area contributed by atoms with E-state index in [1.165, 1.54) is 36.8 Å². The van der Waals surface area contributed by atoms with Crippen LogP contribution in [0.5, 0.6) is 0 Å². The SMILES string of the molecule is C=C(C)CC[C@H]1CCC[C@@H](c2ccccc2)N1C. The maximum Gasteiger partial charge on any atom is 0.0348 e. The fourth-order valence-corrected chi connectivity index (χ4v) is 3.05. The number of benzene rings is 1. The van der Waals surface area contributed by atoms with E-state index in [2.05, 4.69) is 55.8 Å². The second-order valence-corrected chi connectivity index (χ2v) is 5.67. The zero-order valence-electron chi connectivity index (χ0n) is 11.7. The predicted molar refractivity (Wildman–Crippen MR) is 78.6 cm³/mol. The summed E-state index contributed by atoms with van der Waals surface area (Å²) in [4.78, 5) is 2.59. The minimum absolute atomic E-state index is 0.607.